The molecule has 0 bridgehead atoms. The molecule has 3 aromatic heterocycles. The molecule has 6 nitrogen and oxygen atoms in total. The molecule has 1 aliphatic carbocycles. The Bertz CT molecular complexity index is 1340. The second kappa shape index (κ2) is 9.19. The van der Waals surface area contributed by atoms with Crippen molar-refractivity contribution < 1.29 is 43.8 Å². The fourth-order valence-corrected chi connectivity index (χ4v) is 5.02. The number of carboxylic acids is 1. The SMILES string of the molecule is CCn1cc(-n2c(C3CC3)c(Sc3cccc(C(=O)[O-])n3)c3ccc(Cl)c(F)c32)cn1.[Na+]. The molecule has 0 amide bonds. The largest absolute Gasteiger partial charge is 1.00 e. The Labute approximate surface area is 215 Å². The molecule has 0 N–H and O–H groups in total. The number of fused-ring (bicyclic) bond motifs is 1. The van der Waals surface area contributed by atoms with Crippen molar-refractivity contribution in [2.24, 2.45) is 0 Å². The number of aryl methyl sites for hydroxylation is 1. The van der Waals surface area contributed by atoms with Crippen LogP contribution in [-0.2, 0) is 6.54 Å². The third-order valence-corrected chi connectivity index (χ3v) is 6.68. The standard InChI is InChI=1S/C22H18ClFN4O2S.Na/c1-2-27-11-13(10-25-27)28-19(12-6-7-12)21(14-8-9-15(23)18(24)20(14)28)31-17-5-3-4-16(26-17)22(29)30;/h3-5,8-12H,2,6-7H2,1H3,(H,29,30);/q;+1/p-1. The van der Waals surface area contributed by atoms with E-state index in [4.69, 9.17) is 11.6 Å². The van der Waals surface area contributed by atoms with E-state index >= 15 is 4.39 Å². The molecule has 158 valence electrons. The van der Waals surface area contributed by atoms with Crippen molar-refractivity contribution in [2.75, 3.05) is 0 Å². The minimum absolute atomic E-state index is 0. The molecule has 0 atom stereocenters. The van der Waals surface area contributed by atoms with Crippen LogP contribution in [0.3, 0.4) is 0 Å². The summed E-state index contributed by atoms with van der Waals surface area (Å²) in [6, 6.07) is 8.10. The molecule has 1 fully saturated rings. The number of rotatable bonds is 6. The molecule has 4 aromatic rings. The van der Waals surface area contributed by atoms with Crippen LogP contribution >= 0.6 is 23.4 Å². The minimum Gasteiger partial charge on any atom is -0.543 e. The number of carbonyl (C=O) groups excluding carboxylic acids is 1. The number of aromatic nitrogens is 4. The fraction of sp³-hybridized carbons (Fsp3) is 0.227. The average molecular weight is 479 g/mol. The molecule has 0 unspecified atom stereocenters. The maximum absolute atomic E-state index is 15.3. The normalized spacial score (nSPS) is 13.3. The first-order valence-electron chi connectivity index (χ1n) is 9.89. The molecule has 0 spiro atoms. The molecular weight excluding hydrogens is 462 g/mol. The summed E-state index contributed by atoms with van der Waals surface area (Å²) in [4.78, 5) is 16.3. The fourth-order valence-electron chi connectivity index (χ4n) is 3.73. The monoisotopic (exact) mass is 478 g/mol. The van der Waals surface area contributed by atoms with Gasteiger partial charge in [0.05, 0.1) is 34.1 Å². The zero-order valence-corrected chi connectivity index (χ0v) is 21.1. The van der Waals surface area contributed by atoms with Gasteiger partial charge in [-0.15, -0.1) is 0 Å². The first-order chi connectivity index (χ1) is 15.0. The molecule has 5 rings (SSSR count). The predicted molar refractivity (Wildman–Crippen MR) is 114 cm³/mol. The number of carboxylic acid groups (broad SMARTS) is 1. The average Bonchev–Trinajstić information content (AvgIpc) is 3.40. The molecule has 1 aromatic carbocycles. The van der Waals surface area contributed by atoms with E-state index in [0.717, 1.165) is 29.1 Å². The van der Waals surface area contributed by atoms with Crippen LogP contribution in [-0.4, -0.2) is 25.3 Å². The number of nitrogens with zero attached hydrogens (tertiary/aromatic N) is 4. The van der Waals surface area contributed by atoms with Crippen LogP contribution < -0.4 is 34.7 Å². The van der Waals surface area contributed by atoms with Crippen molar-refractivity contribution in [3.8, 4) is 5.69 Å². The Morgan fingerprint density at radius 1 is 1.31 bits per heavy atom. The summed E-state index contributed by atoms with van der Waals surface area (Å²) in [6.07, 6.45) is 5.59. The third-order valence-electron chi connectivity index (χ3n) is 5.32. The van der Waals surface area contributed by atoms with Gasteiger partial charge in [-0.05, 0) is 44.0 Å². The first kappa shape index (κ1) is 23.3. The van der Waals surface area contributed by atoms with Gasteiger partial charge in [0.1, 0.15) is 5.03 Å². The summed E-state index contributed by atoms with van der Waals surface area (Å²) in [5.74, 6) is -1.56. The molecule has 1 saturated carbocycles. The first-order valence-corrected chi connectivity index (χ1v) is 11.1. The van der Waals surface area contributed by atoms with Gasteiger partial charge in [-0.3, -0.25) is 4.68 Å². The van der Waals surface area contributed by atoms with Crippen LogP contribution in [0.5, 0.6) is 0 Å². The molecular formula is C22H17ClFN4NaO2S. The minimum atomic E-state index is -1.34. The van der Waals surface area contributed by atoms with Crippen molar-refractivity contribution in [1.82, 2.24) is 19.3 Å². The summed E-state index contributed by atoms with van der Waals surface area (Å²) >= 11 is 7.48. The maximum Gasteiger partial charge on any atom is 1.00 e. The molecule has 3 heterocycles. The van der Waals surface area contributed by atoms with Crippen molar-refractivity contribution in [1.29, 1.82) is 0 Å². The molecule has 0 saturated heterocycles. The number of pyridine rings is 1. The predicted octanol–water partition coefficient (Wildman–Crippen LogP) is 1.43. The number of aromatic carboxylic acids is 1. The van der Waals surface area contributed by atoms with E-state index in [-0.39, 0.29) is 46.2 Å². The summed E-state index contributed by atoms with van der Waals surface area (Å²) in [5.41, 5.74) is 1.99. The van der Waals surface area contributed by atoms with Crippen LogP contribution in [0, 0.1) is 5.82 Å². The third kappa shape index (κ3) is 4.10. The second-order valence-electron chi connectivity index (χ2n) is 7.39. The summed E-state index contributed by atoms with van der Waals surface area (Å²) in [5, 5.41) is 16.9. The van der Waals surface area contributed by atoms with Gasteiger partial charge in [0.15, 0.2) is 5.82 Å². The van der Waals surface area contributed by atoms with E-state index < -0.39 is 11.8 Å². The summed E-state index contributed by atoms with van der Waals surface area (Å²) in [7, 11) is 0. The van der Waals surface area contributed by atoms with E-state index in [1.54, 1.807) is 35.1 Å². The van der Waals surface area contributed by atoms with E-state index in [2.05, 4.69) is 10.1 Å². The van der Waals surface area contributed by atoms with E-state index in [9.17, 15) is 9.90 Å². The van der Waals surface area contributed by atoms with Gasteiger partial charge >= 0.3 is 29.6 Å². The van der Waals surface area contributed by atoms with Crippen molar-refractivity contribution >= 4 is 40.2 Å². The van der Waals surface area contributed by atoms with Crippen LogP contribution in [0.25, 0.3) is 16.6 Å². The number of benzene rings is 1. The number of halogens is 2. The number of carbonyl (C=O) groups is 1. The van der Waals surface area contributed by atoms with E-state index in [0.29, 0.717) is 22.5 Å². The van der Waals surface area contributed by atoms with Gasteiger partial charge in [0.25, 0.3) is 0 Å². The Morgan fingerprint density at radius 3 is 2.75 bits per heavy atom. The zero-order valence-electron chi connectivity index (χ0n) is 17.5. The Kier molecular flexibility index (Phi) is 6.70. The molecule has 0 aliphatic heterocycles. The van der Waals surface area contributed by atoms with E-state index in [1.807, 2.05) is 17.7 Å². The Hall–Kier alpha value is -1.84. The van der Waals surface area contributed by atoms with Gasteiger partial charge in [-0.25, -0.2) is 9.37 Å². The smallest absolute Gasteiger partial charge is 0.543 e. The van der Waals surface area contributed by atoms with Gasteiger partial charge in [0.2, 0.25) is 0 Å². The summed E-state index contributed by atoms with van der Waals surface area (Å²) in [6.45, 7) is 2.68. The molecule has 0 radical (unpaired) electrons. The van der Waals surface area contributed by atoms with Crippen LogP contribution in [0.4, 0.5) is 4.39 Å². The van der Waals surface area contributed by atoms with Crippen LogP contribution in [0.15, 0.2) is 52.6 Å². The number of hydrogen-bond acceptors (Lipinski definition) is 5. The second-order valence-corrected chi connectivity index (χ2v) is 8.82. The number of hydrogen-bond donors (Lipinski definition) is 0. The van der Waals surface area contributed by atoms with Gasteiger partial charge in [-0.2, -0.15) is 5.10 Å². The topological polar surface area (TPSA) is 75.8 Å². The Balaban J connectivity index is 0.00000245. The van der Waals surface area contributed by atoms with Crippen LogP contribution in [0.2, 0.25) is 5.02 Å². The Morgan fingerprint density at radius 2 is 2.09 bits per heavy atom. The van der Waals surface area contributed by atoms with Crippen molar-refractivity contribution in [2.45, 2.75) is 42.1 Å². The maximum atomic E-state index is 15.3. The van der Waals surface area contributed by atoms with Gasteiger partial charge in [-0.1, -0.05) is 29.4 Å². The molecule has 1 aliphatic rings. The van der Waals surface area contributed by atoms with Crippen molar-refractivity contribution in [3.05, 3.63) is 65.0 Å². The molecule has 10 heteroatoms. The zero-order chi connectivity index (χ0) is 21.7. The molecule has 32 heavy (non-hydrogen) atoms. The van der Waals surface area contributed by atoms with Gasteiger partial charge in [0, 0.05) is 34.6 Å². The summed E-state index contributed by atoms with van der Waals surface area (Å²) < 4.78 is 19.0. The van der Waals surface area contributed by atoms with Crippen LogP contribution in [0.1, 0.15) is 41.9 Å². The van der Waals surface area contributed by atoms with Crippen molar-refractivity contribution in [3.63, 3.8) is 0 Å². The quantitative estimate of drug-likeness (QED) is 0.392. The van der Waals surface area contributed by atoms with E-state index in [1.165, 1.54) is 17.8 Å². The van der Waals surface area contributed by atoms with Gasteiger partial charge < -0.3 is 14.5 Å².